The van der Waals surface area contributed by atoms with Crippen molar-refractivity contribution >= 4 is 18.5 Å². The van der Waals surface area contributed by atoms with Gasteiger partial charge in [-0.05, 0) is 30.4 Å². The zero-order chi connectivity index (χ0) is 9.90. The van der Waals surface area contributed by atoms with E-state index in [0.29, 0.717) is 6.42 Å². The van der Waals surface area contributed by atoms with Gasteiger partial charge in [0.15, 0.2) is 0 Å². The Labute approximate surface area is 86.1 Å². The Bertz CT molecular complexity index is 189. The maximum absolute atomic E-state index is 11.6. The van der Waals surface area contributed by atoms with Gasteiger partial charge in [0.25, 0.3) is 0 Å². The molecule has 1 rings (SSSR count). The van der Waals surface area contributed by atoms with Crippen LogP contribution >= 0.6 is 12.6 Å². The van der Waals surface area contributed by atoms with E-state index in [9.17, 15) is 4.79 Å². The van der Waals surface area contributed by atoms with Gasteiger partial charge in [-0.1, -0.05) is 6.92 Å². The standard InChI is InChI=1S/C10H19NOS/c1-3-6-11(2)9(12)7-10(8-13)4-5-10/h13H,3-8H2,1-2H3. The third-order valence-electron chi connectivity index (χ3n) is 2.80. The molecule has 0 aromatic rings. The van der Waals surface area contributed by atoms with Crippen molar-refractivity contribution in [2.24, 2.45) is 5.41 Å². The lowest BCUT2D eigenvalue weighted by Crippen LogP contribution is -2.29. The molecule has 2 nitrogen and oxygen atoms in total. The van der Waals surface area contributed by atoms with Gasteiger partial charge >= 0.3 is 0 Å². The quantitative estimate of drug-likeness (QED) is 0.674. The van der Waals surface area contributed by atoms with E-state index in [0.717, 1.165) is 18.7 Å². The van der Waals surface area contributed by atoms with Gasteiger partial charge in [0.1, 0.15) is 0 Å². The molecule has 3 heteroatoms. The summed E-state index contributed by atoms with van der Waals surface area (Å²) in [7, 11) is 1.89. The summed E-state index contributed by atoms with van der Waals surface area (Å²) < 4.78 is 0. The van der Waals surface area contributed by atoms with Crippen LogP contribution in [0.1, 0.15) is 32.6 Å². The summed E-state index contributed by atoms with van der Waals surface area (Å²) in [5, 5.41) is 0. The SMILES string of the molecule is CCCN(C)C(=O)CC1(CS)CC1. The molecule has 0 bridgehead atoms. The molecule has 0 saturated heterocycles. The molecule has 13 heavy (non-hydrogen) atoms. The van der Waals surface area contributed by atoms with Crippen LogP contribution in [-0.2, 0) is 4.79 Å². The maximum atomic E-state index is 11.6. The Hall–Kier alpha value is -0.180. The van der Waals surface area contributed by atoms with E-state index >= 15 is 0 Å². The summed E-state index contributed by atoms with van der Waals surface area (Å²) in [5.41, 5.74) is 0.266. The number of nitrogens with zero attached hydrogens (tertiary/aromatic N) is 1. The predicted octanol–water partition coefficient (Wildman–Crippen LogP) is 1.95. The molecule has 0 N–H and O–H groups in total. The van der Waals surface area contributed by atoms with Crippen molar-refractivity contribution in [3.05, 3.63) is 0 Å². The molecule has 0 aromatic heterocycles. The summed E-state index contributed by atoms with van der Waals surface area (Å²) in [6.07, 6.45) is 4.10. The van der Waals surface area contributed by atoms with Crippen LogP contribution in [0.4, 0.5) is 0 Å². The van der Waals surface area contributed by atoms with Gasteiger partial charge in [0.05, 0.1) is 0 Å². The van der Waals surface area contributed by atoms with Crippen LogP contribution in [0.25, 0.3) is 0 Å². The Morgan fingerprint density at radius 1 is 1.54 bits per heavy atom. The van der Waals surface area contributed by atoms with Gasteiger partial charge in [-0.15, -0.1) is 0 Å². The number of rotatable bonds is 5. The fraction of sp³-hybridized carbons (Fsp3) is 0.900. The lowest BCUT2D eigenvalue weighted by Gasteiger charge is -2.19. The van der Waals surface area contributed by atoms with Gasteiger partial charge in [-0.2, -0.15) is 12.6 Å². The van der Waals surface area contributed by atoms with Crippen molar-refractivity contribution in [2.75, 3.05) is 19.3 Å². The Morgan fingerprint density at radius 2 is 2.15 bits per heavy atom. The van der Waals surface area contributed by atoms with Crippen LogP contribution in [0, 0.1) is 5.41 Å². The van der Waals surface area contributed by atoms with Crippen molar-refractivity contribution in [2.45, 2.75) is 32.6 Å². The minimum atomic E-state index is 0.266. The number of carbonyl (C=O) groups is 1. The smallest absolute Gasteiger partial charge is 0.222 e. The lowest BCUT2D eigenvalue weighted by molar-refractivity contribution is -0.131. The highest BCUT2D eigenvalue weighted by Gasteiger charge is 2.43. The van der Waals surface area contributed by atoms with Crippen LogP contribution < -0.4 is 0 Å². The molecular formula is C10H19NOS. The van der Waals surface area contributed by atoms with E-state index in [4.69, 9.17) is 0 Å². The van der Waals surface area contributed by atoms with Gasteiger partial charge in [0.2, 0.25) is 5.91 Å². The second kappa shape index (κ2) is 4.36. The normalized spacial score (nSPS) is 18.4. The lowest BCUT2D eigenvalue weighted by atomic mass is 10.0. The van der Waals surface area contributed by atoms with Crippen LogP contribution in [0.3, 0.4) is 0 Å². The predicted molar refractivity (Wildman–Crippen MR) is 58.1 cm³/mol. The zero-order valence-electron chi connectivity index (χ0n) is 8.55. The van der Waals surface area contributed by atoms with E-state index in [1.165, 1.54) is 12.8 Å². The molecule has 0 aromatic carbocycles. The summed E-state index contributed by atoms with van der Waals surface area (Å²) in [6.45, 7) is 2.97. The fourth-order valence-corrected chi connectivity index (χ4v) is 1.91. The molecule has 1 amide bonds. The second-order valence-electron chi connectivity index (χ2n) is 4.15. The largest absolute Gasteiger partial charge is 0.346 e. The minimum absolute atomic E-state index is 0.266. The number of hydrogen-bond acceptors (Lipinski definition) is 2. The first-order valence-electron chi connectivity index (χ1n) is 4.98. The molecule has 1 aliphatic rings. The first-order valence-corrected chi connectivity index (χ1v) is 5.61. The van der Waals surface area contributed by atoms with Crippen molar-refractivity contribution in [3.8, 4) is 0 Å². The van der Waals surface area contributed by atoms with E-state index in [1.807, 2.05) is 11.9 Å². The molecule has 1 saturated carbocycles. The van der Waals surface area contributed by atoms with Gasteiger partial charge in [-0.3, -0.25) is 4.79 Å². The van der Waals surface area contributed by atoms with Gasteiger partial charge < -0.3 is 4.90 Å². The summed E-state index contributed by atoms with van der Waals surface area (Å²) in [6, 6.07) is 0. The topological polar surface area (TPSA) is 20.3 Å². The van der Waals surface area contributed by atoms with Crippen LogP contribution in [0.15, 0.2) is 0 Å². The molecule has 0 heterocycles. The molecule has 0 radical (unpaired) electrons. The van der Waals surface area contributed by atoms with E-state index in [2.05, 4.69) is 19.6 Å². The van der Waals surface area contributed by atoms with Crippen molar-refractivity contribution in [1.82, 2.24) is 4.90 Å². The number of thiol groups is 1. The van der Waals surface area contributed by atoms with E-state index < -0.39 is 0 Å². The average molecular weight is 201 g/mol. The average Bonchev–Trinajstić information content (AvgIpc) is 2.86. The van der Waals surface area contributed by atoms with Crippen molar-refractivity contribution in [3.63, 3.8) is 0 Å². The van der Waals surface area contributed by atoms with E-state index in [-0.39, 0.29) is 11.3 Å². The monoisotopic (exact) mass is 201 g/mol. The third-order valence-corrected chi connectivity index (χ3v) is 3.47. The van der Waals surface area contributed by atoms with Crippen LogP contribution in [0.2, 0.25) is 0 Å². The molecule has 0 spiro atoms. The highest BCUT2D eigenvalue weighted by Crippen LogP contribution is 2.49. The summed E-state index contributed by atoms with van der Waals surface area (Å²) >= 11 is 4.29. The molecule has 0 atom stereocenters. The van der Waals surface area contributed by atoms with Crippen molar-refractivity contribution in [1.29, 1.82) is 0 Å². The van der Waals surface area contributed by atoms with Crippen LogP contribution in [0.5, 0.6) is 0 Å². The Balaban J connectivity index is 2.32. The van der Waals surface area contributed by atoms with Crippen molar-refractivity contribution < 1.29 is 4.79 Å². The third kappa shape index (κ3) is 2.90. The molecule has 1 fully saturated rings. The molecule has 0 aliphatic heterocycles. The molecular weight excluding hydrogens is 182 g/mol. The fourth-order valence-electron chi connectivity index (χ4n) is 1.48. The highest BCUT2D eigenvalue weighted by atomic mass is 32.1. The molecule has 76 valence electrons. The Morgan fingerprint density at radius 3 is 2.54 bits per heavy atom. The first kappa shape index (κ1) is 10.9. The van der Waals surface area contributed by atoms with Gasteiger partial charge in [-0.25, -0.2) is 0 Å². The van der Waals surface area contributed by atoms with Gasteiger partial charge in [0, 0.05) is 20.0 Å². The second-order valence-corrected chi connectivity index (χ2v) is 4.47. The number of amides is 1. The summed E-state index contributed by atoms with van der Waals surface area (Å²) in [5.74, 6) is 1.15. The zero-order valence-corrected chi connectivity index (χ0v) is 9.44. The molecule has 0 unspecified atom stereocenters. The number of carbonyl (C=O) groups excluding carboxylic acids is 1. The van der Waals surface area contributed by atoms with E-state index in [1.54, 1.807) is 0 Å². The summed E-state index contributed by atoms with van der Waals surface area (Å²) in [4.78, 5) is 13.5. The first-order chi connectivity index (χ1) is 6.13. The molecule has 1 aliphatic carbocycles. The Kier molecular flexibility index (Phi) is 3.65. The minimum Gasteiger partial charge on any atom is -0.346 e. The maximum Gasteiger partial charge on any atom is 0.222 e. The van der Waals surface area contributed by atoms with Crippen LogP contribution in [-0.4, -0.2) is 30.2 Å². The number of hydrogen-bond donors (Lipinski definition) is 1. The highest BCUT2D eigenvalue weighted by molar-refractivity contribution is 7.80.